The van der Waals surface area contributed by atoms with E-state index in [1.54, 1.807) is 0 Å². The maximum absolute atomic E-state index is 13.3. The fourth-order valence-corrected chi connectivity index (χ4v) is 10.9. The molecular weight excluding hydrogens is 1230 g/mol. The first-order chi connectivity index (χ1) is 40.0. The average molecular weight is 1310 g/mol. The minimum atomic E-state index is -5.65. The second-order valence-electron chi connectivity index (χ2n) is 20.7. The van der Waals surface area contributed by atoms with E-state index < -0.39 is 268 Å². The predicted molar refractivity (Wildman–Crippen MR) is 259 cm³/mol. The molecule has 500 valence electrons. The van der Waals surface area contributed by atoms with Crippen molar-refractivity contribution in [3.05, 3.63) is 0 Å². The van der Waals surface area contributed by atoms with E-state index in [4.69, 9.17) is 52.1 Å². The van der Waals surface area contributed by atoms with E-state index in [1.165, 1.54) is 0 Å². The van der Waals surface area contributed by atoms with Crippen molar-refractivity contribution in [2.24, 2.45) is 0 Å². The van der Waals surface area contributed by atoms with Crippen molar-refractivity contribution in [1.29, 1.82) is 0 Å². The molecule has 0 spiro atoms. The Morgan fingerprint density at radius 3 is 1.58 bits per heavy atom. The van der Waals surface area contributed by atoms with Gasteiger partial charge >= 0.3 is 26.8 Å². The molecule has 0 saturated carbocycles. The second-order valence-corrected chi connectivity index (χ2v) is 22.9. The number of ether oxygens (including phenoxy) is 11. The molecule has 6 saturated heterocycles. The monoisotopic (exact) mass is 1300 g/mol. The Labute approximate surface area is 485 Å². The van der Waals surface area contributed by atoms with Crippen molar-refractivity contribution >= 4 is 38.6 Å². The molecule has 6 heterocycles. The minimum absolute atomic E-state index is 0.822. The molecule has 6 rings (SSSR count). The number of carboxylic acids is 1. The first kappa shape index (κ1) is 72.1. The zero-order valence-corrected chi connectivity index (χ0v) is 46.7. The van der Waals surface area contributed by atoms with Gasteiger partial charge in [0.25, 0.3) is 5.79 Å². The molecule has 2 amide bonds. The van der Waals surface area contributed by atoms with Crippen LogP contribution in [0.3, 0.4) is 0 Å². The van der Waals surface area contributed by atoms with Gasteiger partial charge < -0.3 is 150 Å². The molecular formula is C43H72N2O39S2. The molecule has 0 unspecified atom stereocenters. The Kier molecular flexibility index (Phi) is 24.8. The van der Waals surface area contributed by atoms with Crippen LogP contribution in [0.4, 0.5) is 0 Å². The van der Waals surface area contributed by atoms with Gasteiger partial charge in [0.2, 0.25) is 11.8 Å². The van der Waals surface area contributed by atoms with Gasteiger partial charge in [0, 0.05) is 20.3 Å². The van der Waals surface area contributed by atoms with Crippen molar-refractivity contribution in [2.45, 2.75) is 217 Å². The van der Waals surface area contributed by atoms with Gasteiger partial charge in [-0.05, 0) is 6.92 Å². The number of carbonyl (C=O) groups is 3. The van der Waals surface area contributed by atoms with Crippen molar-refractivity contribution < 1.29 is 188 Å². The van der Waals surface area contributed by atoms with Gasteiger partial charge in [-0.1, -0.05) is 0 Å². The van der Waals surface area contributed by atoms with Crippen LogP contribution in [-0.4, -0.2) is 353 Å². The summed E-state index contributed by atoms with van der Waals surface area (Å²) in [4.78, 5) is 38.8. The lowest BCUT2D eigenvalue weighted by Crippen LogP contribution is -2.72. The summed E-state index contributed by atoms with van der Waals surface area (Å²) in [5.41, 5.74) is 0. The first-order valence-corrected chi connectivity index (χ1v) is 28.6. The number of aliphatic carboxylic acids is 1. The van der Waals surface area contributed by atoms with Gasteiger partial charge in [-0.25, -0.2) is 13.2 Å². The van der Waals surface area contributed by atoms with Crippen molar-refractivity contribution in [1.82, 2.24) is 10.6 Å². The number of carboxylic acid groups (broad SMARTS) is 1. The van der Waals surface area contributed by atoms with Crippen molar-refractivity contribution in [2.75, 3.05) is 33.0 Å². The van der Waals surface area contributed by atoms with Crippen LogP contribution in [0, 0.1) is 0 Å². The lowest BCUT2D eigenvalue weighted by molar-refractivity contribution is -0.399. The van der Waals surface area contributed by atoms with Gasteiger partial charge in [0.05, 0.1) is 51.3 Å². The topological polar surface area (TPSA) is 648 Å². The van der Waals surface area contributed by atoms with E-state index in [9.17, 15) is 127 Å². The highest BCUT2D eigenvalue weighted by Crippen LogP contribution is 2.41. The lowest BCUT2D eigenvalue weighted by Gasteiger charge is -2.52. The van der Waals surface area contributed by atoms with E-state index in [1.807, 2.05) is 0 Å². The van der Waals surface area contributed by atoms with Crippen LogP contribution in [0.2, 0.25) is 0 Å². The third-order valence-corrected chi connectivity index (χ3v) is 15.4. The number of aliphatic hydroxyl groups excluding tert-OH is 16. The van der Waals surface area contributed by atoms with Crippen LogP contribution in [0.25, 0.3) is 0 Å². The normalized spacial score (nSPS) is 45.1. The summed E-state index contributed by atoms with van der Waals surface area (Å²) in [6, 6.07) is -4.05. The summed E-state index contributed by atoms with van der Waals surface area (Å²) >= 11 is 0. The fraction of sp³-hybridized carbons (Fsp3) is 0.930. The molecule has 6 fully saturated rings. The Hall–Kier alpha value is -2.93. The molecule has 0 aromatic rings. The molecule has 0 radical (unpaired) electrons. The molecule has 0 bridgehead atoms. The summed E-state index contributed by atoms with van der Waals surface area (Å²) in [7, 11) is -11.2. The number of hydrogen-bond acceptors (Lipinski definition) is 36. The van der Waals surface area contributed by atoms with E-state index in [2.05, 4.69) is 19.0 Å². The molecule has 6 aliphatic rings. The summed E-state index contributed by atoms with van der Waals surface area (Å²) in [6.07, 6.45) is -64.4. The molecule has 43 heteroatoms. The molecule has 0 aromatic carbocycles. The number of aliphatic hydroxyl groups is 16. The van der Waals surface area contributed by atoms with E-state index >= 15 is 0 Å². The van der Waals surface area contributed by atoms with Crippen LogP contribution in [0.1, 0.15) is 27.2 Å². The van der Waals surface area contributed by atoms with Crippen LogP contribution in [-0.2, 0) is 95.7 Å². The Morgan fingerprint density at radius 2 is 1.03 bits per heavy atom. The largest absolute Gasteiger partial charge is 0.477 e. The van der Waals surface area contributed by atoms with Gasteiger partial charge in [0.15, 0.2) is 31.5 Å². The van der Waals surface area contributed by atoms with Gasteiger partial charge in [-0.3, -0.25) is 18.7 Å². The third kappa shape index (κ3) is 16.8. The maximum Gasteiger partial charge on any atom is 0.397 e. The second kappa shape index (κ2) is 29.6. The standard InChI is InChI=1S/C43H72N2O39S2/c1-10-21(53)25(57)28(60)39(74-10)81-34-20(45-12(3)50)38(82-35-23(55)15(6-47)76-40(29(35)61)79-31-16(7-48)75-37(63)27(59)26(31)58)78-18(9-73-86(69,70)71)32(34)80-41-30(62)36(24(56)17(77-41)8-72-85(66,67)68)84-43(42(64)65)4-13(51)19(44-11(2)49)33(83-43)22(54)14(52)5-46/h10,13-41,46-48,51-63H,4-9H2,1-3H3,(H,44,49)(H,45,50)(H,64,65)(H,66,67,68)(H,69,70,71)/t10-,13-,14+,15+,16+,17+,18+,19+,20+,21+,22+,23-,24-,25+,26+,27+,28-,29+,30+,31+,32+,33+,34+,35-,36-,37+,38-,39-,40-,41-,43-/m0/s1. The van der Waals surface area contributed by atoms with E-state index in [0.29, 0.717) is 0 Å². The van der Waals surface area contributed by atoms with E-state index in [-0.39, 0.29) is 0 Å². The SMILES string of the molecule is CC(=O)N[C@H]1[C@H](O[C@H]2[C@@H](O)[C@@H](CO)O[C@@H](O[C@H]3[C@H](O)[C@@H](O)[C@H](O)O[C@@H]3CO)[C@@H]2O)O[C@H](COS(=O)(=O)O)[C@@H](O[C@@H]2O[C@H](COS(=O)(=O)O)[C@H](O)[C@H](O[C@]3(C(=O)O)C[C@H](O)[C@@H](NC(C)=O)[C@H]([C@H](O)[C@H](O)CO)O3)[C@H]2O)[C@@H]1O[C@@H]1O[C@@H](C)[C@@H](O)[C@@H](O)[C@@H]1O. The fourth-order valence-electron chi connectivity index (χ4n) is 10.2. The first-order valence-electron chi connectivity index (χ1n) is 25.9. The lowest BCUT2D eigenvalue weighted by atomic mass is 9.88. The van der Waals surface area contributed by atoms with Gasteiger partial charge in [-0.15, -0.1) is 0 Å². The molecule has 31 atom stereocenters. The molecule has 86 heavy (non-hydrogen) atoms. The van der Waals surface area contributed by atoms with Crippen LogP contribution >= 0.6 is 0 Å². The third-order valence-electron chi connectivity index (χ3n) is 14.6. The highest BCUT2D eigenvalue weighted by molar-refractivity contribution is 7.81. The van der Waals surface area contributed by atoms with Crippen molar-refractivity contribution in [3.8, 4) is 0 Å². The smallest absolute Gasteiger partial charge is 0.397 e. The number of rotatable bonds is 24. The number of hydrogen-bond donors (Lipinski definition) is 21. The number of carbonyl (C=O) groups excluding carboxylic acids is 2. The zero-order valence-electron chi connectivity index (χ0n) is 45.0. The maximum atomic E-state index is 13.3. The Balaban J connectivity index is 1.47. The molecule has 6 aliphatic heterocycles. The summed E-state index contributed by atoms with van der Waals surface area (Å²) < 4.78 is 140. The van der Waals surface area contributed by atoms with Crippen LogP contribution in [0.5, 0.6) is 0 Å². The Morgan fingerprint density at radius 1 is 0.547 bits per heavy atom. The highest BCUT2D eigenvalue weighted by atomic mass is 32.3. The molecule has 21 N–H and O–H groups in total. The summed E-state index contributed by atoms with van der Waals surface area (Å²) in [5.74, 6) is -7.80. The minimum Gasteiger partial charge on any atom is -0.477 e. The zero-order chi connectivity index (χ0) is 64.4. The predicted octanol–water partition coefficient (Wildman–Crippen LogP) is -13.9. The van der Waals surface area contributed by atoms with Crippen LogP contribution in [0.15, 0.2) is 0 Å². The summed E-state index contributed by atoms with van der Waals surface area (Å²) in [5, 5.41) is 189. The van der Waals surface area contributed by atoms with Crippen LogP contribution < -0.4 is 10.6 Å². The average Bonchev–Trinajstić information content (AvgIpc) is 0.938. The Bertz CT molecular complexity index is 2470. The summed E-state index contributed by atoms with van der Waals surface area (Å²) in [6.45, 7) is -3.68. The number of amides is 2. The quantitative estimate of drug-likeness (QED) is 0.0399. The highest BCUT2D eigenvalue weighted by Gasteiger charge is 2.62. The molecule has 41 nitrogen and oxygen atoms in total. The van der Waals surface area contributed by atoms with Gasteiger partial charge in [-0.2, -0.15) is 16.8 Å². The van der Waals surface area contributed by atoms with Crippen molar-refractivity contribution in [3.63, 3.8) is 0 Å². The molecule has 0 aliphatic carbocycles. The van der Waals surface area contributed by atoms with E-state index in [0.717, 1.165) is 20.8 Å². The van der Waals surface area contributed by atoms with Gasteiger partial charge in [0.1, 0.15) is 134 Å². The number of nitrogens with one attached hydrogen (secondary N) is 2. The molecule has 0 aromatic heterocycles.